The number of halogens is 3. The predicted molar refractivity (Wildman–Crippen MR) is 142 cm³/mol. The Kier molecular flexibility index (Phi) is 6.22. The van der Waals surface area contributed by atoms with E-state index < -0.39 is 45.3 Å². The van der Waals surface area contributed by atoms with Crippen molar-refractivity contribution in [2.75, 3.05) is 42.6 Å². The number of aliphatic hydroxyl groups is 2. The average molecular weight is 553 g/mol. The SMILES string of the molecule is CP=NC(=O)c1c(F)c(F)c(=C(O)O)c(=C2c3ccc(N4CCC4)cc3Oc3cc(N4CCC4)ccc32)c1F. The van der Waals surface area contributed by atoms with Gasteiger partial charge in [-0.15, -0.1) is 0 Å². The molecule has 0 radical (unpaired) electrons. The molecule has 1 amide bonds. The first kappa shape index (κ1) is 25.2. The Morgan fingerprint density at radius 1 is 0.872 bits per heavy atom. The van der Waals surface area contributed by atoms with Gasteiger partial charge in [-0.25, -0.2) is 13.2 Å². The van der Waals surface area contributed by atoms with Crippen LogP contribution in [0.15, 0.2) is 41.1 Å². The number of hydrogen-bond donors (Lipinski definition) is 2. The van der Waals surface area contributed by atoms with Gasteiger partial charge in [-0.2, -0.15) is 4.74 Å². The number of hydrogen-bond acceptors (Lipinski definition) is 6. The molecular weight excluding hydrogens is 530 g/mol. The van der Waals surface area contributed by atoms with Crippen LogP contribution in [-0.4, -0.2) is 49.0 Å². The minimum atomic E-state index is -1.85. The number of nitrogens with zero attached hydrogens (tertiary/aromatic N) is 3. The quantitative estimate of drug-likeness (QED) is 0.276. The van der Waals surface area contributed by atoms with Crippen molar-refractivity contribution in [2.45, 2.75) is 12.8 Å². The van der Waals surface area contributed by atoms with Gasteiger partial charge in [-0.3, -0.25) is 4.79 Å². The summed E-state index contributed by atoms with van der Waals surface area (Å²) >= 11 is 0. The molecule has 0 saturated carbocycles. The van der Waals surface area contributed by atoms with Crippen molar-refractivity contribution in [1.82, 2.24) is 0 Å². The van der Waals surface area contributed by atoms with Gasteiger partial charge in [-0.05, 0) is 43.8 Å². The van der Waals surface area contributed by atoms with Gasteiger partial charge in [0.25, 0.3) is 11.9 Å². The number of fused-ring (bicyclic) bond motifs is 2. The lowest BCUT2D eigenvalue weighted by atomic mass is 9.89. The Hall–Kier alpha value is -4.04. The maximum Gasteiger partial charge on any atom is 0.286 e. The lowest BCUT2D eigenvalue weighted by Crippen LogP contribution is -2.40. The molecule has 0 spiro atoms. The van der Waals surface area contributed by atoms with Crippen LogP contribution in [-0.2, 0) is 0 Å². The van der Waals surface area contributed by atoms with Gasteiger partial charge in [0.05, 0.1) is 0 Å². The number of carbonyl (C=O) groups excluding carboxylic acids is 1. The third-order valence-electron chi connectivity index (χ3n) is 7.33. The fourth-order valence-electron chi connectivity index (χ4n) is 5.11. The van der Waals surface area contributed by atoms with Crippen molar-refractivity contribution in [1.29, 1.82) is 0 Å². The zero-order chi connectivity index (χ0) is 27.4. The molecule has 11 heteroatoms. The summed E-state index contributed by atoms with van der Waals surface area (Å²) in [6.07, 6.45) is 2.09. The van der Waals surface area contributed by atoms with Crippen LogP contribution < -0.4 is 25.0 Å². The van der Waals surface area contributed by atoms with E-state index in [4.69, 9.17) is 4.74 Å². The number of carbonyl (C=O) groups is 1. The normalized spacial score (nSPS) is 15.8. The molecule has 3 aliphatic rings. The van der Waals surface area contributed by atoms with Gasteiger partial charge in [0.2, 0.25) is 0 Å². The van der Waals surface area contributed by atoms with Crippen LogP contribution in [0.5, 0.6) is 11.5 Å². The first-order valence-corrected chi connectivity index (χ1v) is 13.7. The molecule has 3 aliphatic heterocycles. The summed E-state index contributed by atoms with van der Waals surface area (Å²) in [5, 5.41) is 18.3. The molecule has 3 aromatic carbocycles. The van der Waals surface area contributed by atoms with Crippen molar-refractivity contribution >= 4 is 37.2 Å². The third kappa shape index (κ3) is 4.01. The van der Waals surface area contributed by atoms with Crippen LogP contribution in [0.2, 0.25) is 0 Å². The van der Waals surface area contributed by atoms with E-state index in [0.29, 0.717) is 22.6 Å². The Labute approximate surface area is 222 Å². The lowest BCUT2D eigenvalue weighted by Gasteiger charge is -2.35. The number of rotatable bonds is 3. The zero-order valence-electron chi connectivity index (χ0n) is 20.8. The number of amides is 1. The Bertz CT molecular complexity index is 1630. The molecule has 7 nitrogen and oxygen atoms in total. The van der Waals surface area contributed by atoms with Crippen molar-refractivity contribution in [3.8, 4) is 11.5 Å². The summed E-state index contributed by atoms with van der Waals surface area (Å²) in [6, 6.07) is 10.5. The second kappa shape index (κ2) is 9.61. The van der Waals surface area contributed by atoms with Gasteiger partial charge < -0.3 is 24.7 Å². The van der Waals surface area contributed by atoms with E-state index >= 15 is 8.78 Å². The van der Waals surface area contributed by atoms with Gasteiger partial charge in [0.1, 0.15) is 28.1 Å². The van der Waals surface area contributed by atoms with E-state index in [9.17, 15) is 19.4 Å². The van der Waals surface area contributed by atoms with Crippen molar-refractivity contribution in [3.05, 3.63) is 81.0 Å². The second-order valence-electron chi connectivity index (χ2n) is 9.51. The Morgan fingerprint density at radius 3 is 1.85 bits per heavy atom. The molecule has 0 unspecified atom stereocenters. The summed E-state index contributed by atoms with van der Waals surface area (Å²) in [5.74, 6) is -7.32. The second-order valence-corrected chi connectivity index (χ2v) is 10.1. The first-order chi connectivity index (χ1) is 18.8. The monoisotopic (exact) mass is 553 g/mol. The minimum absolute atomic E-state index is 0.0340. The Balaban J connectivity index is 1.75. The molecule has 0 aliphatic carbocycles. The topological polar surface area (TPSA) is 85.6 Å². The van der Waals surface area contributed by atoms with Crippen molar-refractivity contribution < 1.29 is 32.9 Å². The summed E-state index contributed by atoms with van der Waals surface area (Å²) in [7, 11) is 0.166. The molecule has 0 atom stereocenters. The molecule has 3 heterocycles. The molecule has 2 N–H and O–H groups in total. The molecule has 2 fully saturated rings. The van der Waals surface area contributed by atoms with E-state index in [0.717, 1.165) is 50.4 Å². The summed E-state index contributed by atoms with van der Waals surface area (Å²) in [4.78, 5) is 16.8. The Morgan fingerprint density at radius 2 is 1.41 bits per heavy atom. The molecular formula is C28H23F3N3O4P. The highest BCUT2D eigenvalue weighted by Crippen LogP contribution is 2.46. The van der Waals surface area contributed by atoms with Crippen molar-refractivity contribution in [2.24, 2.45) is 4.74 Å². The summed E-state index contributed by atoms with van der Waals surface area (Å²) < 4.78 is 56.4. The van der Waals surface area contributed by atoms with E-state index in [2.05, 4.69) is 14.5 Å². The highest BCUT2D eigenvalue weighted by molar-refractivity contribution is 7.26. The predicted octanol–water partition coefficient (Wildman–Crippen LogP) is 4.96. The van der Waals surface area contributed by atoms with E-state index in [1.807, 2.05) is 0 Å². The fourth-order valence-corrected chi connectivity index (χ4v) is 5.39. The van der Waals surface area contributed by atoms with E-state index in [-0.39, 0.29) is 13.9 Å². The smallest absolute Gasteiger partial charge is 0.286 e. The van der Waals surface area contributed by atoms with Gasteiger partial charge >= 0.3 is 0 Å². The molecule has 3 aromatic rings. The lowest BCUT2D eigenvalue weighted by molar-refractivity contribution is 0.0995. The van der Waals surface area contributed by atoms with Crippen LogP contribution in [0.3, 0.4) is 0 Å². The van der Waals surface area contributed by atoms with Crippen LogP contribution in [0.1, 0.15) is 34.3 Å². The molecule has 0 bridgehead atoms. The average Bonchev–Trinajstić information content (AvgIpc) is 2.82. The number of ether oxygens (including phenoxy) is 1. The van der Waals surface area contributed by atoms with Gasteiger partial charge in [0, 0.05) is 80.0 Å². The van der Waals surface area contributed by atoms with E-state index in [1.165, 1.54) is 6.66 Å². The number of aliphatic hydroxyl groups excluding tert-OH is 1. The molecule has 0 aromatic heterocycles. The number of benzene rings is 3. The third-order valence-corrected chi connectivity index (χ3v) is 7.71. The maximum atomic E-state index is 16.2. The zero-order valence-corrected chi connectivity index (χ0v) is 21.7. The highest BCUT2D eigenvalue weighted by atomic mass is 31.1. The largest absolute Gasteiger partial charge is 0.481 e. The first-order valence-electron chi connectivity index (χ1n) is 12.4. The van der Waals surface area contributed by atoms with E-state index in [1.54, 1.807) is 36.4 Å². The van der Waals surface area contributed by atoms with Crippen LogP contribution in [0.4, 0.5) is 24.5 Å². The fraction of sp³-hybridized carbons (Fsp3) is 0.250. The van der Waals surface area contributed by atoms with Gasteiger partial charge in [0.15, 0.2) is 11.6 Å². The van der Waals surface area contributed by atoms with Gasteiger partial charge in [-0.1, -0.05) is 0 Å². The summed E-state index contributed by atoms with van der Waals surface area (Å²) in [6.45, 7) is 4.94. The number of anilines is 2. The van der Waals surface area contributed by atoms with Crippen LogP contribution >= 0.6 is 8.37 Å². The molecule has 39 heavy (non-hydrogen) atoms. The standard InChI is InChI=1S/C28H23F3N3O4P/c1-39-32-27(35)23-24(29)21(22(28(36)37)25(30)26(23)31)20-16-6-4-14(33-8-2-9-33)12-18(16)38-19-13-15(5-7-17(19)20)34-10-3-11-34/h4-7,12-13,36-37H,2-3,8-11H2,1H3. The summed E-state index contributed by atoms with van der Waals surface area (Å²) in [5.41, 5.74) is 1.21. The molecule has 200 valence electrons. The maximum absolute atomic E-state index is 16.2. The van der Waals surface area contributed by atoms with Crippen molar-refractivity contribution in [3.63, 3.8) is 0 Å². The molecule has 2 saturated heterocycles. The van der Waals surface area contributed by atoms with Crippen LogP contribution in [0.25, 0.3) is 11.5 Å². The highest BCUT2D eigenvalue weighted by Gasteiger charge is 2.32. The van der Waals surface area contributed by atoms with Crippen LogP contribution in [0, 0.1) is 17.5 Å². The molecule has 6 rings (SSSR count). The minimum Gasteiger partial charge on any atom is -0.481 e.